The van der Waals surface area contributed by atoms with E-state index < -0.39 is 11.9 Å². The van der Waals surface area contributed by atoms with Crippen molar-refractivity contribution < 1.29 is 18.7 Å². The molecule has 0 bridgehead atoms. The van der Waals surface area contributed by atoms with Crippen molar-refractivity contribution in [3.05, 3.63) is 81.5 Å². The lowest BCUT2D eigenvalue weighted by Crippen LogP contribution is -2.11. The fraction of sp³-hybridized carbons (Fsp3) is 0.0909. The zero-order valence-corrected chi connectivity index (χ0v) is 17.2. The Hall–Kier alpha value is -2.96. The second-order valence-electron chi connectivity index (χ2n) is 6.11. The molecule has 4 nitrogen and oxygen atoms in total. The number of carbonyl (C=O) groups is 2. The number of halogens is 2. The number of esters is 1. The minimum atomic E-state index is -0.554. The van der Waals surface area contributed by atoms with Crippen molar-refractivity contribution in [2.24, 2.45) is 0 Å². The molecular formula is C22H17ClFNO3S. The van der Waals surface area contributed by atoms with Crippen molar-refractivity contribution in [2.45, 2.75) is 6.92 Å². The summed E-state index contributed by atoms with van der Waals surface area (Å²) in [6.07, 6.45) is 2.88. The van der Waals surface area contributed by atoms with Gasteiger partial charge in [0.15, 0.2) is 0 Å². The van der Waals surface area contributed by atoms with Crippen LogP contribution in [0.2, 0.25) is 5.02 Å². The van der Waals surface area contributed by atoms with E-state index >= 15 is 0 Å². The van der Waals surface area contributed by atoms with Gasteiger partial charge in [-0.25, -0.2) is 9.18 Å². The van der Waals surface area contributed by atoms with Gasteiger partial charge in [-0.15, -0.1) is 11.3 Å². The van der Waals surface area contributed by atoms with Gasteiger partial charge in [0.1, 0.15) is 16.4 Å². The molecule has 3 aromatic rings. The standard InChI is InChI=1S/C22H17ClFNO3S/c1-13-19(15-4-3-5-16(23)12-15)20(22(27)28-2)21(29-13)25-18(26)11-8-14-6-9-17(24)10-7-14/h3-12H,1-2H3,(H,25,26)/b11-8+. The van der Waals surface area contributed by atoms with E-state index in [2.05, 4.69) is 5.32 Å². The van der Waals surface area contributed by atoms with Crippen LogP contribution >= 0.6 is 22.9 Å². The molecule has 0 aliphatic heterocycles. The molecule has 1 heterocycles. The summed E-state index contributed by atoms with van der Waals surface area (Å²) in [6.45, 7) is 1.86. The van der Waals surface area contributed by atoms with Gasteiger partial charge < -0.3 is 10.1 Å². The molecule has 0 aliphatic rings. The summed E-state index contributed by atoms with van der Waals surface area (Å²) in [4.78, 5) is 25.7. The van der Waals surface area contributed by atoms with E-state index in [9.17, 15) is 14.0 Å². The zero-order chi connectivity index (χ0) is 21.0. The fourth-order valence-corrected chi connectivity index (χ4v) is 4.08. The molecule has 29 heavy (non-hydrogen) atoms. The van der Waals surface area contributed by atoms with Gasteiger partial charge in [-0.3, -0.25) is 4.79 Å². The second-order valence-corrected chi connectivity index (χ2v) is 7.77. The number of hydrogen-bond donors (Lipinski definition) is 1. The highest BCUT2D eigenvalue weighted by Crippen LogP contribution is 2.40. The van der Waals surface area contributed by atoms with Crippen LogP contribution < -0.4 is 5.32 Å². The van der Waals surface area contributed by atoms with Crippen LogP contribution in [0.3, 0.4) is 0 Å². The first-order valence-corrected chi connectivity index (χ1v) is 9.80. The number of anilines is 1. The van der Waals surface area contributed by atoms with Crippen LogP contribution in [-0.4, -0.2) is 19.0 Å². The van der Waals surface area contributed by atoms with E-state index in [1.54, 1.807) is 36.4 Å². The largest absolute Gasteiger partial charge is 0.465 e. The third-order valence-electron chi connectivity index (χ3n) is 4.12. The van der Waals surface area contributed by atoms with Crippen molar-refractivity contribution in [3.8, 4) is 11.1 Å². The molecular weight excluding hydrogens is 413 g/mol. The molecule has 2 aromatic carbocycles. The molecule has 148 valence electrons. The molecule has 1 N–H and O–H groups in total. The van der Waals surface area contributed by atoms with Gasteiger partial charge in [0, 0.05) is 21.5 Å². The smallest absolute Gasteiger partial charge is 0.341 e. The predicted octanol–water partition coefficient (Wildman–Crippen LogP) is 5.95. The number of aryl methyl sites for hydroxylation is 1. The molecule has 0 atom stereocenters. The number of amides is 1. The highest BCUT2D eigenvalue weighted by atomic mass is 35.5. The van der Waals surface area contributed by atoms with E-state index in [-0.39, 0.29) is 11.4 Å². The monoisotopic (exact) mass is 429 g/mol. The van der Waals surface area contributed by atoms with E-state index in [0.29, 0.717) is 21.2 Å². The van der Waals surface area contributed by atoms with E-state index in [1.807, 2.05) is 13.0 Å². The Bertz CT molecular complexity index is 1090. The topological polar surface area (TPSA) is 55.4 Å². The number of methoxy groups -OCH3 is 1. The molecule has 0 aliphatic carbocycles. The quantitative estimate of drug-likeness (QED) is 0.402. The molecule has 0 saturated carbocycles. The summed E-state index contributed by atoms with van der Waals surface area (Å²) in [7, 11) is 1.29. The number of ether oxygens (including phenoxy) is 1. The van der Waals surface area contributed by atoms with Gasteiger partial charge in [-0.1, -0.05) is 35.9 Å². The first kappa shape index (κ1) is 20.8. The van der Waals surface area contributed by atoms with Crippen LogP contribution in [0.15, 0.2) is 54.6 Å². The molecule has 7 heteroatoms. The lowest BCUT2D eigenvalue weighted by molar-refractivity contribution is -0.111. The van der Waals surface area contributed by atoms with Crippen LogP contribution in [-0.2, 0) is 9.53 Å². The maximum Gasteiger partial charge on any atom is 0.341 e. The van der Waals surface area contributed by atoms with Crippen molar-refractivity contribution in [1.29, 1.82) is 0 Å². The normalized spacial score (nSPS) is 10.9. The Morgan fingerprint density at radius 1 is 1.17 bits per heavy atom. The first-order chi connectivity index (χ1) is 13.9. The number of rotatable bonds is 5. The molecule has 1 amide bonds. The molecule has 0 unspecified atom stereocenters. The van der Waals surface area contributed by atoms with Crippen molar-refractivity contribution in [2.75, 3.05) is 12.4 Å². The third kappa shape index (κ3) is 4.91. The Morgan fingerprint density at radius 3 is 2.55 bits per heavy atom. The van der Waals surface area contributed by atoms with Gasteiger partial charge in [0.05, 0.1) is 7.11 Å². The minimum absolute atomic E-state index is 0.279. The van der Waals surface area contributed by atoms with Gasteiger partial charge in [-0.05, 0) is 48.4 Å². The van der Waals surface area contributed by atoms with Crippen LogP contribution in [0, 0.1) is 12.7 Å². The summed E-state index contributed by atoms with van der Waals surface area (Å²) in [5, 5.41) is 3.66. The summed E-state index contributed by atoms with van der Waals surface area (Å²) in [5.41, 5.74) is 2.38. The number of thiophene rings is 1. The van der Waals surface area contributed by atoms with Crippen LogP contribution in [0.25, 0.3) is 17.2 Å². The summed E-state index contributed by atoms with van der Waals surface area (Å²) in [5.74, 6) is -1.32. The van der Waals surface area contributed by atoms with E-state index in [0.717, 1.165) is 10.4 Å². The van der Waals surface area contributed by atoms with E-state index in [1.165, 1.54) is 36.7 Å². The Balaban J connectivity index is 1.92. The van der Waals surface area contributed by atoms with Crippen LogP contribution in [0.4, 0.5) is 9.39 Å². The number of benzene rings is 2. The van der Waals surface area contributed by atoms with Crippen LogP contribution in [0.5, 0.6) is 0 Å². The summed E-state index contributed by atoms with van der Waals surface area (Å²) in [6, 6.07) is 12.9. The molecule has 0 radical (unpaired) electrons. The zero-order valence-electron chi connectivity index (χ0n) is 15.7. The SMILES string of the molecule is COC(=O)c1c(NC(=O)/C=C/c2ccc(F)cc2)sc(C)c1-c1cccc(Cl)c1. The predicted molar refractivity (Wildman–Crippen MR) is 115 cm³/mol. The van der Waals surface area contributed by atoms with Gasteiger partial charge >= 0.3 is 5.97 Å². The number of nitrogens with one attached hydrogen (secondary N) is 1. The molecule has 0 fully saturated rings. The maximum absolute atomic E-state index is 13.0. The number of carbonyl (C=O) groups excluding carboxylic acids is 2. The molecule has 3 rings (SSSR count). The number of hydrogen-bond acceptors (Lipinski definition) is 4. The van der Waals surface area contributed by atoms with Crippen molar-refractivity contribution >= 4 is 45.9 Å². The fourth-order valence-electron chi connectivity index (χ4n) is 2.82. The van der Waals surface area contributed by atoms with Crippen molar-refractivity contribution in [1.82, 2.24) is 0 Å². The van der Waals surface area contributed by atoms with Crippen molar-refractivity contribution in [3.63, 3.8) is 0 Å². The van der Waals surface area contributed by atoms with E-state index in [4.69, 9.17) is 16.3 Å². The first-order valence-electron chi connectivity index (χ1n) is 8.61. The lowest BCUT2D eigenvalue weighted by atomic mass is 10.0. The summed E-state index contributed by atoms with van der Waals surface area (Å²) >= 11 is 7.38. The Labute approximate surface area is 176 Å². The van der Waals surface area contributed by atoms with Gasteiger partial charge in [0.25, 0.3) is 0 Å². The average molecular weight is 430 g/mol. The molecule has 0 spiro atoms. The average Bonchev–Trinajstić information content (AvgIpc) is 3.02. The highest BCUT2D eigenvalue weighted by molar-refractivity contribution is 7.17. The highest BCUT2D eigenvalue weighted by Gasteiger charge is 2.24. The third-order valence-corrected chi connectivity index (χ3v) is 5.38. The molecule has 1 aromatic heterocycles. The Morgan fingerprint density at radius 2 is 1.90 bits per heavy atom. The maximum atomic E-state index is 13.0. The second kappa shape index (κ2) is 9.03. The lowest BCUT2D eigenvalue weighted by Gasteiger charge is -2.07. The van der Waals surface area contributed by atoms with Gasteiger partial charge in [-0.2, -0.15) is 0 Å². The summed E-state index contributed by atoms with van der Waals surface area (Å²) < 4.78 is 17.9. The van der Waals surface area contributed by atoms with Gasteiger partial charge in [0.2, 0.25) is 5.91 Å². The van der Waals surface area contributed by atoms with Crippen LogP contribution in [0.1, 0.15) is 20.8 Å². The Kier molecular flexibility index (Phi) is 6.46. The molecule has 0 saturated heterocycles. The minimum Gasteiger partial charge on any atom is -0.465 e.